The van der Waals surface area contributed by atoms with Crippen LogP contribution in [-0.2, 0) is 22.6 Å². The van der Waals surface area contributed by atoms with Crippen molar-refractivity contribution in [3.63, 3.8) is 0 Å². The third-order valence-electron chi connectivity index (χ3n) is 8.24. The van der Waals surface area contributed by atoms with E-state index in [1.165, 1.54) is 31.4 Å². The number of hydrogen-bond donors (Lipinski definition) is 4. The van der Waals surface area contributed by atoms with E-state index in [1.54, 1.807) is 0 Å². The molecule has 2 atom stereocenters. The van der Waals surface area contributed by atoms with Crippen LogP contribution >= 0.6 is 0 Å². The lowest BCUT2D eigenvalue weighted by atomic mass is 9.70. The molecule has 8 heteroatoms. The number of phenols is 1. The summed E-state index contributed by atoms with van der Waals surface area (Å²) in [6.45, 7) is 4.47. The quantitative estimate of drug-likeness (QED) is 0.245. The Morgan fingerprint density at radius 3 is 2.46 bits per heavy atom. The van der Waals surface area contributed by atoms with Gasteiger partial charge in [0.25, 0.3) is 5.91 Å². The number of primary amides is 1. The summed E-state index contributed by atoms with van der Waals surface area (Å²) in [5.74, 6) is -3.27. The van der Waals surface area contributed by atoms with Crippen LogP contribution in [0.4, 0.5) is 0 Å². The van der Waals surface area contributed by atoms with Gasteiger partial charge in [-0.3, -0.25) is 19.3 Å². The molecule has 2 aromatic carbocycles. The van der Waals surface area contributed by atoms with Crippen molar-refractivity contribution in [2.45, 2.75) is 52.0 Å². The van der Waals surface area contributed by atoms with E-state index in [0.29, 0.717) is 18.4 Å². The molecule has 1 amide bonds. The van der Waals surface area contributed by atoms with Crippen molar-refractivity contribution < 1.29 is 29.7 Å². The molecule has 8 nitrogen and oxygen atoms in total. The Bertz CT molecular complexity index is 1410. The van der Waals surface area contributed by atoms with Crippen LogP contribution < -0.4 is 5.73 Å². The Hall–Kier alpha value is -3.91. The number of hydrogen-bond acceptors (Lipinski definition) is 7. The largest absolute Gasteiger partial charge is 0.512 e. The van der Waals surface area contributed by atoms with E-state index in [9.17, 15) is 29.7 Å². The molecule has 5 rings (SSSR count). The highest BCUT2D eigenvalue weighted by molar-refractivity contribution is 6.19. The number of likely N-dealkylation sites (tertiary alicyclic amines) is 1. The molecular formula is C31H34N2O6. The molecule has 204 valence electrons. The minimum Gasteiger partial charge on any atom is -0.512 e. The van der Waals surface area contributed by atoms with Crippen LogP contribution in [0.1, 0.15) is 60.5 Å². The number of phenolic OH excluding ortho intramolecular Hbond substituents is 1. The van der Waals surface area contributed by atoms with Gasteiger partial charge >= 0.3 is 0 Å². The SMILES string of the molecule is C/C(O)=C1/C(=O)c2c(O)ccc(-c3cccc(CN4CCCC4)c3)c2CC1CC1CC(=O)C(C(N)=O)=C(O)C1. The molecule has 2 aromatic rings. The van der Waals surface area contributed by atoms with Crippen molar-refractivity contribution in [3.8, 4) is 16.9 Å². The van der Waals surface area contributed by atoms with Gasteiger partial charge in [0.05, 0.1) is 11.3 Å². The lowest BCUT2D eigenvalue weighted by molar-refractivity contribution is -0.122. The van der Waals surface area contributed by atoms with Gasteiger partial charge in [-0.05, 0) is 91.9 Å². The summed E-state index contributed by atoms with van der Waals surface area (Å²) in [5, 5.41) is 31.6. The Kier molecular flexibility index (Phi) is 7.32. The van der Waals surface area contributed by atoms with E-state index in [0.717, 1.165) is 30.8 Å². The first-order chi connectivity index (χ1) is 18.6. The number of nitrogens with zero attached hydrogens (tertiary/aromatic N) is 1. The molecule has 3 aliphatic rings. The summed E-state index contributed by atoms with van der Waals surface area (Å²) in [6.07, 6.45) is 3.22. The second kappa shape index (κ2) is 10.7. The highest BCUT2D eigenvalue weighted by Gasteiger charge is 2.39. The Morgan fingerprint density at radius 1 is 1.05 bits per heavy atom. The fourth-order valence-corrected chi connectivity index (χ4v) is 6.56. The predicted octanol–water partition coefficient (Wildman–Crippen LogP) is 4.51. The van der Waals surface area contributed by atoms with Crippen LogP contribution in [0.5, 0.6) is 5.75 Å². The Balaban J connectivity index is 1.50. The number of aliphatic hydroxyl groups is 2. The van der Waals surface area contributed by atoms with Crippen molar-refractivity contribution in [2.24, 2.45) is 17.6 Å². The number of benzene rings is 2. The average Bonchev–Trinajstić information content (AvgIpc) is 3.36. The molecule has 2 aliphatic carbocycles. The topological polar surface area (TPSA) is 141 Å². The van der Waals surface area contributed by atoms with E-state index in [-0.39, 0.29) is 52.7 Å². The first-order valence-electron chi connectivity index (χ1n) is 13.5. The van der Waals surface area contributed by atoms with Gasteiger partial charge in [-0.2, -0.15) is 0 Å². The van der Waals surface area contributed by atoms with Crippen molar-refractivity contribution in [2.75, 3.05) is 13.1 Å². The number of aromatic hydroxyl groups is 1. The van der Waals surface area contributed by atoms with Gasteiger partial charge in [0, 0.05) is 25.0 Å². The normalized spacial score (nSPS) is 23.2. The third kappa shape index (κ3) is 5.21. The van der Waals surface area contributed by atoms with E-state index in [1.807, 2.05) is 18.2 Å². The molecule has 1 aliphatic heterocycles. The average molecular weight is 531 g/mol. The zero-order valence-electron chi connectivity index (χ0n) is 22.1. The van der Waals surface area contributed by atoms with Gasteiger partial charge in [0.1, 0.15) is 17.1 Å². The second-order valence-electron chi connectivity index (χ2n) is 11.0. The summed E-state index contributed by atoms with van der Waals surface area (Å²) in [4.78, 5) is 40.3. The third-order valence-corrected chi connectivity index (χ3v) is 8.24. The van der Waals surface area contributed by atoms with Gasteiger partial charge in [-0.1, -0.05) is 24.3 Å². The number of nitrogens with two attached hydrogens (primary N) is 1. The fraction of sp³-hybridized carbons (Fsp3) is 0.387. The maximum absolute atomic E-state index is 13.7. The van der Waals surface area contributed by atoms with E-state index >= 15 is 0 Å². The number of rotatable bonds is 6. The zero-order chi connectivity index (χ0) is 27.8. The van der Waals surface area contributed by atoms with Gasteiger partial charge in [-0.15, -0.1) is 0 Å². The lowest BCUT2D eigenvalue weighted by Crippen LogP contribution is -2.32. The van der Waals surface area contributed by atoms with Gasteiger partial charge in [-0.25, -0.2) is 0 Å². The minimum atomic E-state index is -0.948. The second-order valence-corrected chi connectivity index (χ2v) is 11.0. The van der Waals surface area contributed by atoms with Crippen LogP contribution in [0.15, 0.2) is 59.1 Å². The van der Waals surface area contributed by atoms with E-state index in [4.69, 9.17) is 5.73 Å². The maximum Gasteiger partial charge on any atom is 0.255 e. The monoisotopic (exact) mass is 530 g/mol. The van der Waals surface area contributed by atoms with Crippen molar-refractivity contribution in [1.82, 2.24) is 4.90 Å². The van der Waals surface area contributed by atoms with Crippen molar-refractivity contribution in [1.29, 1.82) is 0 Å². The smallest absolute Gasteiger partial charge is 0.255 e. The molecule has 0 radical (unpaired) electrons. The maximum atomic E-state index is 13.7. The molecule has 1 fully saturated rings. The van der Waals surface area contributed by atoms with E-state index in [2.05, 4.69) is 17.0 Å². The first-order valence-corrected chi connectivity index (χ1v) is 13.5. The number of carbonyl (C=O) groups is 3. The molecule has 0 spiro atoms. The molecule has 1 heterocycles. The molecule has 1 saturated heterocycles. The van der Waals surface area contributed by atoms with Crippen LogP contribution in [0.2, 0.25) is 0 Å². The number of aliphatic hydroxyl groups excluding tert-OH is 2. The van der Waals surface area contributed by atoms with Crippen LogP contribution in [-0.4, -0.2) is 50.8 Å². The van der Waals surface area contributed by atoms with Crippen molar-refractivity contribution in [3.05, 3.63) is 75.8 Å². The highest BCUT2D eigenvalue weighted by Crippen LogP contribution is 2.44. The summed E-state index contributed by atoms with van der Waals surface area (Å²) in [6, 6.07) is 11.6. The van der Waals surface area contributed by atoms with Crippen LogP contribution in [0.3, 0.4) is 0 Å². The van der Waals surface area contributed by atoms with Gasteiger partial charge in [0.2, 0.25) is 0 Å². The molecule has 0 aromatic heterocycles. The number of ketones is 2. The van der Waals surface area contributed by atoms with Gasteiger partial charge in [0.15, 0.2) is 11.6 Å². The highest BCUT2D eigenvalue weighted by atomic mass is 16.3. The minimum absolute atomic E-state index is 0.0169. The molecule has 0 saturated carbocycles. The summed E-state index contributed by atoms with van der Waals surface area (Å²) in [7, 11) is 0. The van der Waals surface area contributed by atoms with Gasteiger partial charge < -0.3 is 21.1 Å². The fourth-order valence-electron chi connectivity index (χ4n) is 6.56. The molecule has 5 N–H and O–H groups in total. The summed E-state index contributed by atoms with van der Waals surface area (Å²) >= 11 is 0. The van der Waals surface area contributed by atoms with Crippen molar-refractivity contribution >= 4 is 17.5 Å². The molecule has 0 bridgehead atoms. The lowest BCUT2D eigenvalue weighted by Gasteiger charge is -2.32. The molecular weight excluding hydrogens is 496 g/mol. The first kappa shape index (κ1) is 26.7. The number of fused-ring (bicyclic) bond motifs is 1. The number of allylic oxidation sites excluding steroid dienone is 3. The summed E-state index contributed by atoms with van der Waals surface area (Å²) in [5.41, 5.74) is 8.97. The summed E-state index contributed by atoms with van der Waals surface area (Å²) < 4.78 is 0. The standard InChI is InChI=1S/C31H34N2O6/c1-17(34)27-21(12-19-13-25(36)29(31(32)39)26(37)14-19)15-23-22(7-8-24(35)28(23)30(27)38)20-6-4-5-18(11-20)16-33-9-2-3-10-33/h4-8,11,19,21,34-36H,2-3,9-10,12-16H2,1H3,(H2,32,39)/b27-17-. The number of Topliss-reactive ketones (excluding diaryl/α,β-unsaturated/α-hetero) is 2. The number of amides is 1. The molecule has 2 unspecified atom stereocenters. The predicted molar refractivity (Wildman–Crippen MR) is 146 cm³/mol. The number of carbonyl (C=O) groups excluding carboxylic acids is 3. The Morgan fingerprint density at radius 2 is 1.79 bits per heavy atom. The van der Waals surface area contributed by atoms with Crippen LogP contribution in [0.25, 0.3) is 11.1 Å². The zero-order valence-corrected chi connectivity index (χ0v) is 22.1. The molecule has 39 heavy (non-hydrogen) atoms. The Labute approximate surface area is 227 Å². The van der Waals surface area contributed by atoms with Crippen LogP contribution in [0, 0.1) is 11.8 Å². The van der Waals surface area contributed by atoms with E-state index < -0.39 is 23.4 Å².